The molecule has 0 aliphatic rings. The maximum absolute atomic E-state index is 12.8. The highest BCUT2D eigenvalue weighted by Gasteiger charge is 2.24. The van der Waals surface area contributed by atoms with Crippen LogP contribution in [-0.2, 0) is 29.4 Å². The van der Waals surface area contributed by atoms with Crippen LogP contribution in [0, 0.1) is 0 Å². The summed E-state index contributed by atoms with van der Waals surface area (Å²) in [6.45, 7) is 1.82. The van der Waals surface area contributed by atoms with Gasteiger partial charge in [0.1, 0.15) is 0 Å². The van der Waals surface area contributed by atoms with Gasteiger partial charge in [-0.1, -0.05) is 48.7 Å². The fourth-order valence-corrected chi connectivity index (χ4v) is 4.16. The molecule has 0 saturated heterocycles. The SMILES string of the molecule is CCCc1nn(C)c(OCC(=O)OC)c1Cc1ccc(NC(=O)c2c(Cl)ccc(Cl)c2C(=O)O)cc1. The van der Waals surface area contributed by atoms with E-state index in [9.17, 15) is 19.5 Å². The van der Waals surface area contributed by atoms with E-state index in [0.29, 0.717) is 18.0 Å². The Balaban J connectivity index is 1.82. The van der Waals surface area contributed by atoms with Crippen molar-refractivity contribution in [2.75, 3.05) is 19.0 Å². The van der Waals surface area contributed by atoms with Gasteiger partial charge in [0.05, 0.1) is 34.0 Å². The number of benzene rings is 2. The zero-order valence-corrected chi connectivity index (χ0v) is 21.4. The van der Waals surface area contributed by atoms with Crippen molar-refractivity contribution in [3.63, 3.8) is 0 Å². The molecule has 1 aromatic heterocycles. The molecule has 0 fully saturated rings. The number of esters is 1. The third-order valence-corrected chi connectivity index (χ3v) is 5.98. The van der Waals surface area contributed by atoms with Gasteiger partial charge in [-0.3, -0.25) is 4.79 Å². The summed E-state index contributed by atoms with van der Waals surface area (Å²) in [5.74, 6) is -2.06. The first-order valence-electron chi connectivity index (χ1n) is 11.0. The number of carbonyl (C=O) groups excluding carboxylic acids is 2. The van der Waals surface area contributed by atoms with Crippen LogP contribution in [0.4, 0.5) is 5.69 Å². The smallest absolute Gasteiger partial charge is 0.343 e. The first-order valence-corrected chi connectivity index (χ1v) is 11.8. The molecule has 0 atom stereocenters. The van der Waals surface area contributed by atoms with Gasteiger partial charge in [-0.05, 0) is 36.2 Å². The van der Waals surface area contributed by atoms with Crippen LogP contribution in [0.1, 0.15) is 50.9 Å². The number of hydrogen-bond donors (Lipinski definition) is 2. The Kier molecular flexibility index (Phi) is 8.95. The number of rotatable bonds is 10. The van der Waals surface area contributed by atoms with Crippen LogP contribution in [0.2, 0.25) is 10.0 Å². The van der Waals surface area contributed by atoms with Gasteiger partial charge in [0.2, 0.25) is 5.88 Å². The number of amides is 1. The van der Waals surface area contributed by atoms with E-state index in [0.717, 1.165) is 29.7 Å². The maximum atomic E-state index is 12.8. The molecule has 2 N–H and O–H groups in total. The Morgan fingerprint density at radius 3 is 2.28 bits per heavy atom. The second kappa shape index (κ2) is 11.9. The van der Waals surface area contributed by atoms with Crippen LogP contribution in [0.25, 0.3) is 0 Å². The number of carbonyl (C=O) groups is 3. The van der Waals surface area contributed by atoms with E-state index in [1.807, 2.05) is 19.1 Å². The van der Waals surface area contributed by atoms with Crippen LogP contribution in [0.3, 0.4) is 0 Å². The average Bonchev–Trinajstić information content (AvgIpc) is 3.13. The lowest BCUT2D eigenvalue weighted by atomic mass is 10.0. The summed E-state index contributed by atoms with van der Waals surface area (Å²) in [7, 11) is 3.04. The van der Waals surface area contributed by atoms with E-state index in [-0.39, 0.29) is 27.8 Å². The zero-order valence-electron chi connectivity index (χ0n) is 19.9. The van der Waals surface area contributed by atoms with Crippen molar-refractivity contribution in [1.82, 2.24) is 9.78 Å². The van der Waals surface area contributed by atoms with Crippen LogP contribution in [0.5, 0.6) is 5.88 Å². The number of aryl methyl sites for hydroxylation is 2. The minimum Gasteiger partial charge on any atom is -0.478 e. The molecule has 0 bridgehead atoms. The van der Waals surface area contributed by atoms with Crippen molar-refractivity contribution < 1.29 is 29.0 Å². The van der Waals surface area contributed by atoms with Crippen molar-refractivity contribution in [1.29, 1.82) is 0 Å². The summed E-state index contributed by atoms with van der Waals surface area (Å²) in [6.07, 6.45) is 2.11. The minimum atomic E-state index is -1.35. The topological polar surface area (TPSA) is 120 Å². The Hall–Kier alpha value is -3.56. The molecule has 2 aromatic carbocycles. The second-order valence-electron chi connectivity index (χ2n) is 7.88. The summed E-state index contributed by atoms with van der Waals surface area (Å²) in [5, 5.41) is 16.6. The number of anilines is 1. The molecule has 0 spiro atoms. The summed E-state index contributed by atoms with van der Waals surface area (Å²) < 4.78 is 12.0. The number of aromatic carboxylic acids is 1. The predicted octanol–water partition coefficient (Wildman–Crippen LogP) is 4.77. The molecule has 36 heavy (non-hydrogen) atoms. The van der Waals surface area contributed by atoms with E-state index in [4.69, 9.17) is 27.9 Å². The van der Waals surface area contributed by atoms with Gasteiger partial charge >= 0.3 is 11.9 Å². The Morgan fingerprint density at radius 2 is 1.69 bits per heavy atom. The number of ether oxygens (including phenoxy) is 2. The fourth-order valence-electron chi connectivity index (χ4n) is 3.67. The lowest BCUT2D eigenvalue weighted by molar-refractivity contribution is -0.143. The maximum Gasteiger partial charge on any atom is 0.343 e. The number of carboxylic acids is 1. The molecule has 0 aliphatic carbocycles. The minimum absolute atomic E-state index is 0.0227. The summed E-state index contributed by atoms with van der Waals surface area (Å²) in [6, 6.07) is 9.72. The van der Waals surface area contributed by atoms with Crippen molar-refractivity contribution in [2.45, 2.75) is 26.2 Å². The monoisotopic (exact) mass is 533 g/mol. The molecular formula is C25H25Cl2N3O6. The zero-order chi connectivity index (χ0) is 26.4. The molecule has 0 radical (unpaired) electrons. The number of nitrogens with one attached hydrogen (secondary N) is 1. The summed E-state index contributed by atoms with van der Waals surface area (Å²) in [4.78, 5) is 36.0. The van der Waals surface area contributed by atoms with E-state index in [1.54, 1.807) is 23.9 Å². The third kappa shape index (κ3) is 6.16. The molecule has 1 heterocycles. The number of nitrogens with zero attached hydrogens (tertiary/aromatic N) is 2. The largest absolute Gasteiger partial charge is 0.478 e. The quantitative estimate of drug-likeness (QED) is 0.360. The standard InChI is InChI=1S/C25H25Cl2N3O6/c1-4-5-19-16(24(30(2)29-19)36-13-20(31)35-3)12-14-6-8-15(9-7-14)28-23(32)21-17(26)10-11-18(27)22(21)25(33)34/h6-11H,4-5,12-13H2,1-3H3,(H,28,32)(H,33,34). The average molecular weight is 534 g/mol. The first-order chi connectivity index (χ1) is 17.2. The molecule has 3 rings (SSSR count). The molecule has 9 nitrogen and oxygen atoms in total. The number of hydrogen-bond acceptors (Lipinski definition) is 6. The highest BCUT2D eigenvalue weighted by Crippen LogP contribution is 2.29. The van der Waals surface area contributed by atoms with E-state index in [1.165, 1.54) is 19.2 Å². The van der Waals surface area contributed by atoms with Gasteiger partial charge in [0.25, 0.3) is 5.91 Å². The Bertz CT molecular complexity index is 1290. The van der Waals surface area contributed by atoms with Crippen LogP contribution in [0.15, 0.2) is 36.4 Å². The van der Waals surface area contributed by atoms with Gasteiger partial charge in [0, 0.05) is 24.7 Å². The molecule has 0 aliphatic heterocycles. The molecule has 0 saturated carbocycles. The number of halogens is 2. The fraction of sp³-hybridized carbons (Fsp3) is 0.280. The lowest BCUT2D eigenvalue weighted by Gasteiger charge is -2.12. The van der Waals surface area contributed by atoms with Crippen LogP contribution < -0.4 is 10.1 Å². The van der Waals surface area contributed by atoms with Crippen molar-refractivity contribution >= 4 is 46.7 Å². The third-order valence-electron chi connectivity index (χ3n) is 5.35. The highest BCUT2D eigenvalue weighted by atomic mass is 35.5. The highest BCUT2D eigenvalue weighted by molar-refractivity contribution is 6.39. The van der Waals surface area contributed by atoms with Gasteiger partial charge in [-0.15, -0.1) is 0 Å². The van der Waals surface area contributed by atoms with Crippen LogP contribution in [-0.4, -0.2) is 46.4 Å². The molecule has 1 amide bonds. The van der Waals surface area contributed by atoms with Crippen LogP contribution >= 0.6 is 23.2 Å². The van der Waals surface area contributed by atoms with Gasteiger partial charge in [-0.25, -0.2) is 14.3 Å². The molecule has 11 heteroatoms. The van der Waals surface area contributed by atoms with Crippen molar-refractivity contribution in [3.8, 4) is 5.88 Å². The number of aromatic nitrogens is 2. The van der Waals surface area contributed by atoms with Gasteiger partial charge in [-0.2, -0.15) is 5.10 Å². The Morgan fingerprint density at radius 1 is 1.06 bits per heavy atom. The Labute approximate surface area is 217 Å². The normalized spacial score (nSPS) is 10.7. The van der Waals surface area contributed by atoms with Gasteiger partial charge in [0.15, 0.2) is 6.61 Å². The van der Waals surface area contributed by atoms with Gasteiger partial charge < -0.3 is 19.9 Å². The lowest BCUT2D eigenvalue weighted by Crippen LogP contribution is -2.17. The van der Waals surface area contributed by atoms with E-state index in [2.05, 4.69) is 15.2 Å². The van der Waals surface area contributed by atoms with Crippen molar-refractivity contribution in [2.24, 2.45) is 7.05 Å². The number of methoxy groups -OCH3 is 1. The van der Waals surface area contributed by atoms with E-state index < -0.39 is 17.8 Å². The molecule has 0 unspecified atom stereocenters. The first kappa shape index (κ1) is 27.0. The molecular weight excluding hydrogens is 509 g/mol. The van der Waals surface area contributed by atoms with E-state index >= 15 is 0 Å². The number of carboxylic acid groups (broad SMARTS) is 1. The summed E-state index contributed by atoms with van der Waals surface area (Å²) in [5.41, 5.74) is 2.50. The predicted molar refractivity (Wildman–Crippen MR) is 135 cm³/mol. The molecule has 190 valence electrons. The molecule has 3 aromatic rings. The summed E-state index contributed by atoms with van der Waals surface area (Å²) >= 11 is 12.1. The van der Waals surface area contributed by atoms with Crippen molar-refractivity contribution in [3.05, 3.63) is 74.4 Å². The second-order valence-corrected chi connectivity index (χ2v) is 8.70.